The minimum Gasteiger partial charge on any atom is -0.414 e. The van der Waals surface area contributed by atoms with E-state index in [1.54, 1.807) is 5.32 Å². The molecule has 2 N–H and O–H groups in total. The molecule has 9 nitrogen and oxygen atoms in total. The number of nitrogens with zero attached hydrogens (tertiary/aromatic N) is 1. The largest absolute Gasteiger partial charge is 0.471 e. The Morgan fingerprint density at radius 3 is 2.54 bits per heavy atom. The van der Waals surface area contributed by atoms with Crippen LogP contribution in [0.5, 0.6) is 0 Å². The van der Waals surface area contributed by atoms with Gasteiger partial charge in [0.25, 0.3) is 5.56 Å². The summed E-state index contributed by atoms with van der Waals surface area (Å²) in [4.78, 5) is 37.6. The summed E-state index contributed by atoms with van der Waals surface area (Å²) in [5.41, 5.74) is -1.70. The highest BCUT2D eigenvalue weighted by Crippen LogP contribution is 2.38. The third-order valence-electron chi connectivity index (χ3n) is 6.07. The molecule has 1 amide bonds. The van der Waals surface area contributed by atoms with Crippen molar-refractivity contribution in [2.45, 2.75) is 76.9 Å². The van der Waals surface area contributed by atoms with E-state index in [2.05, 4.69) is 50.7 Å². The monoisotopic (exact) mass is 519 g/mol. The Bertz CT molecular complexity index is 1080. The summed E-state index contributed by atoms with van der Waals surface area (Å²) in [5.74, 6) is 2.51. The molecule has 0 aliphatic carbocycles. The van der Waals surface area contributed by atoms with E-state index < -0.39 is 50.5 Å². The van der Waals surface area contributed by atoms with Crippen molar-refractivity contribution in [2.24, 2.45) is 0 Å². The number of hydrogen-bond donors (Lipinski definition) is 2. The van der Waals surface area contributed by atoms with Gasteiger partial charge in [0.2, 0.25) is 0 Å². The molecule has 0 spiro atoms. The van der Waals surface area contributed by atoms with Crippen molar-refractivity contribution in [2.75, 3.05) is 19.8 Å². The first-order chi connectivity index (χ1) is 16.1. The van der Waals surface area contributed by atoms with E-state index in [9.17, 15) is 27.6 Å². The highest BCUT2D eigenvalue weighted by Gasteiger charge is 2.42. The lowest BCUT2D eigenvalue weighted by atomic mass is 10.2. The van der Waals surface area contributed by atoms with Crippen LogP contribution in [-0.2, 0) is 18.7 Å². The van der Waals surface area contributed by atoms with Gasteiger partial charge in [-0.05, 0) is 25.1 Å². The third kappa shape index (κ3) is 7.54. The highest BCUT2D eigenvalue weighted by molar-refractivity contribution is 6.74. The minimum atomic E-state index is -5.03. The van der Waals surface area contributed by atoms with E-state index in [0.29, 0.717) is 13.0 Å². The topological polar surface area (TPSA) is 112 Å². The van der Waals surface area contributed by atoms with Gasteiger partial charge in [0.15, 0.2) is 8.32 Å². The average Bonchev–Trinajstić information content (AvgIpc) is 3.12. The molecule has 1 aliphatic rings. The molecule has 196 valence electrons. The Morgan fingerprint density at radius 1 is 1.31 bits per heavy atom. The molecule has 1 fully saturated rings. The number of aromatic amines is 1. The average molecular weight is 520 g/mol. The Morgan fingerprint density at radius 2 is 1.97 bits per heavy atom. The van der Waals surface area contributed by atoms with Crippen LogP contribution in [0.4, 0.5) is 13.2 Å². The van der Waals surface area contributed by atoms with E-state index in [-0.39, 0.29) is 23.3 Å². The predicted octanol–water partition coefficient (Wildman–Crippen LogP) is 2.28. The van der Waals surface area contributed by atoms with Gasteiger partial charge < -0.3 is 19.2 Å². The van der Waals surface area contributed by atoms with Gasteiger partial charge in [-0.1, -0.05) is 32.6 Å². The van der Waals surface area contributed by atoms with Crippen LogP contribution in [-0.4, -0.2) is 61.9 Å². The number of alkyl halides is 3. The Kier molecular flexibility index (Phi) is 9.15. The van der Waals surface area contributed by atoms with Crippen molar-refractivity contribution in [1.82, 2.24) is 14.9 Å². The number of rotatable bonds is 7. The molecule has 1 aliphatic heterocycles. The molecule has 0 radical (unpaired) electrons. The molecule has 1 aromatic heterocycles. The molecule has 2 rings (SSSR count). The molecule has 3 unspecified atom stereocenters. The first-order valence-electron chi connectivity index (χ1n) is 11.2. The molecular weight excluding hydrogens is 487 g/mol. The van der Waals surface area contributed by atoms with Crippen LogP contribution >= 0.6 is 0 Å². The van der Waals surface area contributed by atoms with Crippen LogP contribution in [0.25, 0.3) is 0 Å². The number of carbonyl (C=O) groups is 1. The smallest absolute Gasteiger partial charge is 0.414 e. The van der Waals surface area contributed by atoms with E-state index >= 15 is 0 Å². The van der Waals surface area contributed by atoms with Crippen LogP contribution in [0.15, 0.2) is 15.8 Å². The fourth-order valence-electron chi connectivity index (χ4n) is 3.07. The van der Waals surface area contributed by atoms with Gasteiger partial charge in [-0.2, -0.15) is 13.2 Å². The third-order valence-corrected chi connectivity index (χ3v) is 10.6. The summed E-state index contributed by atoms with van der Waals surface area (Å²) in [6, 6.07) is 0. The van der Waals surface area contributed by atoms with Crippen LogP contribution < -0.4 is 16.6 Å². The van der Waals surface area contributed by atoms with Crippen LogP contribution in [0.2, 0.25) is 18.1 Å². The van der Waals surface area contributed by atoms with Gasteiger partial charge in [-0.3, -0.25) is 19.1 Å². The summed E-state index contributed by atoms with van der Waals surface area (Å²) >= 11 is 0. The zero-order chi connectivity index (χ0) is 26.6. The lowest BCUT2D eigenvalue weighted by Crippen LogP contribution is -2.44. The van der Waals surface area contributed by atoms with E-state index in [1.807, 2.05) is 6.92 Å². The van der Waals surface area contributed by atoms with E-state index in [1.165, 1.54) is 6.20 Å². The molecule has 1 saturated heterocycles. The molecule has 13 heteroatoms. The van der Waals surface area contributed by atoms with Gasteiger partial charge in [0.05, 0.1) is 19.3 Å². The van der Waals surface area contributed by atoms with Gasteiger partial charge in [0.1, 0.15) is 17.9 Å². The van der Waals surface area contributed by atoms with Crippen molar-refractivity contribution >= 4 is 14.2 Å². The Balaban J connectivity index is 2.20. The van der Waals surface area contributed by atoms with Gasteiger partial charge in [0, 0.05) is 19.2 Å². The summed E-state index contributed by atoms with van der Waals surface area (Å²) in [6.45, 7) is 12.5. The first-order valence-corrected chi connectivity index (χ1v) is 14.1. The van der Waals surface area contributed by atoms with Crippen molar-refractivity contribution in [3.05, 3.63) is 32.6 Å². The van der Waals surface area contributed by atoms with Crippen LogP contribution in [0.1, 0.15) is 45.9 Å². The number of halogens is 3. The number of aromatic nitrogens is 2. The second kappa shape index (κ2) is 11.1. The number of nitrogens with one attached hydrogen (secondary N) is 2. The van der Waals surface area contributed by atoms with Crippen molar-refractivity contribution in [1.29, 1.82) is 0 Å². The zero-order valence-electron chi connectivity index (χ0n) is 20.7. The molecule has 0 aromatic carbocycles. The molecule has 3 atom stereocenters. The summed E-state index contributed by atoms with van der Waals surface area (Å²) in [6.07, 6.45) is -5.09. The maximum Gasteiger partial charge on any atom is 0.471 e. The molecule has 1 aromatic rings. The SMILES string of the molecule is CCOC1CC(n2cc(C#CCNC(=O)C(F)(F)F)c(=O)[nH]c2=O)OC1CO[Si](C)(C)C(C)(C)C. The lowest BCUT2D eigenvalue weighted by Gasteiger charge is -2.37. The fraction of sp³-hybridized carbons (Fsp3) is 0.682. The normalized spacial score (nSPS) is 20.9. The van der Waals surface area contributed by atoms with Gasteiger partial charge in [-0.25, -0.2) is 4.79 Å². The zero-order valence-corrected chi connectivity index (χ0v) is 21.7. The maximum absolute atomic E-state index is 12.5. The molecule has 35 heavy (non-hydrogen) atoms. The lowest BCUT2D eigenvalue weighted by molar-refractivity contribution is -0.173. The predicted molar refractivity (Wildman–Crippen MR) is 124 cm³/mol. The summed E-state index contributed by atoms with van der Waals surface area (Å²) in [5, 5.41) is 1.58. The quantitative estimate of drug-likeness (QED) is 0.422. The standard InChI is InChI=1S/C22H32F3N3O6Si/c1-7-32-15-11-17(34-16(15)13-33-35(5,6)21(2,3)4)28-12-14(18(29)27-20(28)31)9-8-10-26-19(30)22(23,24)25/h12,15-17H,7,10-11,13H2,1-6H3,(H,26,30)(H,27,29,31). The van der Waals surface area contributed by atoms with Gasteiger partial charge in [-0.15, -0.1) is 0 Å². The second-order valence-electron chi connectivity index (χ2n) is 9.62. The maximum atomic E-state index is 12.5. The highest BCUT2D eigenvalue weighted by atomic mass is 28.4. The number of ether oxygens (including phenoxy) is 2. The Hall–Kier alpha value is -2.40. The molecule has 2 heterocycles. The number of hydrogen-bond acceptors (Lipinski definition) is 6. The summed E-state index contributed by atoms with van der Waals surface area (Å²) < 4.78 is 56.1. The Labute approximate surface area is 202 Å². The first kappa shape index (κ1) is 28.8. The molecular formula is C22H32F3N3O6Si. The van der Waals surface area contributed by atoms with Gasteiger partial charge >= 0.3 is 17.8 Å². The van der Waals surface area contributed by atoms with Crippen LogP contribution in [0.3, 0.4) is 0 Å². The molecule has 0 bridgehead atoms. The molecule has 0 saturated carbocycles. The van der Waals surface area contributed by atoms with E-state index in [4.69, 9.17) is 13.9 Å². The van der Waals surface area contributed by atoms with Crippen LogP contribution in [0, 0.1) is 11.8 Å². The van der Waals surface area contributed by atoms with Crippen molar-refractivity contribution < 1.29 is 31.9 Å². The number of H-pyrrole nitrogens is 1. The van der Waals surface area contributed by atoms with Crippen molar-refractivity contribution in [3.63, 3.8) is 0 Å². The summed E-state index contributed by atoms with van der Waals surface area (Å²) in [7, 11) is -2.06. The van der Waals surface area contributed by atoms with Crippen molar-refractivity contribution in [3.8, 4) is 11.8 Å². The second-order valence-corrected chi connectivity index (χ2v) is 14.4. The number of amides is 1. The minimum absolute atomic E-state index is 0.00485. The fourth-order valence-corrected chi connectivity index (χ4v) is 4.08. The number of carbonyl (C=O) groups excluding carboxylic acids is 1. The van der Waals surface area contributed by atoms with E-state index in [0.717, 1.165) is 4.57 Å².